The number of rotatable bonds is 7. The zero-order valence-electron chi connectivity index (χ0n) is 17.9. The third kappa shape index (κ3) is 5.51. The van der Waals surface area contributed by atoms with Gasteiger partial charge < -0.3 is 15.8 Å². The monoisotopic (exact) mass is 500 g/mol. The highest BCUT2D eigenvalue weighted by Gasteiger charge is 2.32. The Hall–Kier alpha value is -2.15. The van der Waals surface area contributed by atoms with Crippen molar-refractivity contribution in [3.05, 3.63) is 40.3 Å². The van der Waals surface area contributed by atoms with Crippen LogP contribution in [0.25, 0.3) is 0 Å². The summed E-state index contributed by atoms with van der Waals surface area (Å²) in [6, 6.07) is 3.11. The van der Waals surface area contributed by atoms with E-state index in [1.54, 1.807) is 0 Å². The number of carbonyl (C=O) groups excluding carboxylic acids is 1. The molecule has 180 valence electrons. The van der Waals surface area contributed by atoms with Crippen molar-refractivity contribution in [3.63, 3.8) is 0 Å². The van der Waals surface area contributed by atoms with Gasteiger partial charge in [0.25, 0.3) is 0 Å². The number of ether oxygens (including phenoxy) is 1. The van der Waals surface area contributed by atoms with Gasteiger partial charge in [-0.3, -0.25) is 4.79 Å². The van der Waals surface area contributed by atoms with Crippen LogP contribution in [0.1, 0.15) is 53.8 Å². The Bertz CT molecular complexity index is 1090. The van der Waals surface area contributed by atoms with Gasteiger partial charge in [-0.1, -0.05) is 17.4 Å². The summed E-state index contributed by atoms with van der Waals surface area (Å²) in [7, 11) is -3.38. The molecule has 1 saturated heterocycles. The number of hydrogen-bond acceptors (Lipinski definition) is 8. The molecule has 33 heavy (non-hydrogen) atoms. The lowest BCUT2D eigenvalue weighted by Gasteiger charge is -2.31. The smallest absolute Gasteiger partial charge is 0.214 e. The van der Waals surface area contributed by atoms with Crippen LogP contribution in [0.4, 0.5) is 19.7 Å². The van der Waals surface area contributed by atoms with Crippen LogP contribution in [0, 0.1) is 11.6 Å². The van der Waals surface area contributed by atoms with Crippen molar-refractivity contribution in [2.75, 3.05) is 24.3 Å². The highest BCUT2D eigenvalue weighted by Crippen LogP contribution is 2.31. The number of nitrogens with one attached hydrogen (secondary N) is 2. The molecule has 0 radical (unpaired) electrons. The van der Waals surface area contributed by atoms with Gasteiger partial charge in [-0.25, -0.2) is 26.9 Å². The van der Waals surface area contributed by atoms with E-state index in [2.05, 4.69) is 15.0 Å². The van der Waals surface area contributed by atoms with Crippen molar-refractivity contribution in [2.45, 2.75) is 55.9 Å². The largest absolute Gasteiger partial charge is 0.382 e. The molecule has 2 heterocycles. The van der Waals surface area contributed by atoms with Gasteiger partial charge >= 0.3 is 0 Å². The third-order valence-electron chi connectivity index (χ3n) is 6.04. The van der Waals surface area contributed by atoms with Crippen LogP contribution < -0.4 is 15.8 Å². The van der Waals surface area contributed by atoms with Gasteiger partial charge in [0.15, 0.2) is 5.13 Å². The number of sulfonamides is 1. The average molecular weight is 501 g/mol. The molecule has 2 aromatic rings. The summed E-state index contributed by atoms with van der Waals surface area (Å²) in [5.74, 6) is -2.85. The molecule has 1 aliphatic heterocycles. The van der Waals surface area contributed by atoms with E-state index in [1.165, 1.54) is 6.07 Å². The summed E-state index contributed by atoms with van der Waals surface area (Å²) in [5, 5.41) is 3.20. The normalized spacial score (nSPS) is 22.2. The highest BCUT2D eigenvalue weighted by atomic mass is 32.2. The number of aromatic nitrogens is 1. The van der Waals surface area contributed by atoms with Crippen molar-refractivity contribution in [1.82, 2.24) is 9.71 Å². The van der Waals surface area contributed by atoms with Crippen LogP contribution in [0.3, 0.4) is 0 Å². The Balaban J connectivity index is 1.34. The maximum Gasteiger partial charge on any atom is 0.214 e. The Morgan fingerprint density at radius 2 is 1.67 bits per heavy atom. The molecule has 0 bridgehead atoms. The van der Waals surface area contributed by atoms with Crippen LogP contribution in [0.15, 0.2) is 18.2 Å². The molecule has 2 fully saturated rings. The molecule has 1 saturated carbocycles. The number of anilines is 2. The van der Waals surface area contributed by atoms with Gasteiger partial charge in [-0.05, 0) is 50.7 Å². The van der Waals surface area contributed by atoms with Gasteiger partial charge in [0.2, 0.25) is 15.8 Å². The van der Waals surface area contributed by atoms with Gasteiger partial charge in [0, 0.05) is 25.3 Å². The topological polar surface area (TPSA) is 123 Å². The van der Waals surface area contributed by atoms with Crippen molar-refractivity contribution in [1.29, 1.82) is 0 Å². The van der Waals surface area contributed by atoms with E-state index in [1.807, 2.05) is 0 Å². The Kier molecular flexibility index (Phi) is 7.27. The molecule has 0 unspecified atom stereocenters. The first kappa shape index (κ1) is 24.0. The van der Waals surface area contributed by atoms with Crippen molar-refractivity contribution >= 4 is 38.1 Å². The first-order valence-electron chi connectivity index (χ1n) is 10.8. The lowest BCUT2D eigenvalue weighted by Crippen LogP contribution is -2.45. The van der Waals surface area contributed by atoms with E-state index in [0.717, 1.165) is 23.5 Å². The Morgan fingerprint density at radius 3 is 2.30 bits per heavy atom. The summed E-state index contributed by atoms with van der Waals surface area (Å²) >= 11 is 0.950. The van der Waals surface area contributed by atoms with E-state index in [9.17, 15) is 22.0 Å². The number of benzene rings is 1. The van der Waals surface area contributed by atoms with Gasteiger partial charge in [0.1, 0.15) is 22.3 Å². The Labute approximate surface area is 195 Å². The van der Waals surface area contributed by atoms with Crippen molar-refractivity contribution in [2.24, 2.45) is 0 Å². The summed E-state index contributed by atoms with van der Waals surface area (Å²) < 4.78 is 61.3. The second-order valence-corrected chi connectivity index (χ2v) is 11.3. The summed E-state index contributed by atoms with van der Waals surface area (Å²) in [6.45, 7) is 0.931. The fourth-order valence-electron chi connectivity index (χ4n) is 4.23. The Morgan fingerprint density at radius 1 is 1.06 bits per heavy atom. The number of nitrogens with two attached hydrogens (primary N) is 1. The number of halogens is 2. The van der Waals surface area contributed by atoms with Gasteiger partial charge in [0.05, 0.1) is 10.8 Å². The minimum absolute atomic E-state index is 0.0209. The first-order valence-corrected chi connectivity index (χ1v) is 13.2. The van der Waals surface area contributed by atoms with Crippen LogP contribution in [-0.4, -0.2) is 49.7 Å². The second kappa shape index (κ2) is 10.00. The molecule has 1 aliphatic carbocycles. The fraction of sp³-hybridized carbons (Fsp3) is 0.524. The summed E-state index contributed by atoms with van der Waals surface area (Å²) in [6.07, 6.45) is 3.74. The minimum atomic E-state index is -3.38. The number of ketones is 1. The molecule has 1 aromatic carbocycles. The molecule has 0 atom stereocenters. The predicted octanol–water partition coefficient (Wildman–Crippen LogP) is 3.06. The molecule has 2 aliphatic rings. The molecule has 12 heteroatoms. The van der Waals surface area contributed by atoms with Crippen LogP contribution in [-0.2, 0) is 14.8 Å². The molecule has 1 aromatic heterocycles. The summed E-state index contributed by atoms with van der Waals surface area (Å²) in [5.41, 5.74) is 5.20. The van der Waals surface area contributed by atoms with E-state index in [0.29, 0.717) is 56.9 Å². The number of nitrogen functional groups attached to an aromatic ring is 1. The number of thiazole rings is 1. The van der Waals surface area contributed by atoms with Gasteiger partial charge in [-0.15, -0.1) is 0 Å². The predicted molar refractivity (Wildman–Crippen MR) is 122 cm³/mol. The molecule has 4 N–H and O–H groups in total. The van der Waals surface area contributed by atoms with E-state index >= 15 is 0 Å². The maximum atomic E-state index is 14.0. The number of nitrogens with zero attached hydrogens (tertiary/aromatic N) is 1. The van der Waals surface area contributed by atoms with E-state index < -0.39 is 38.3 Å². The zero-order valence-corrected chi connectivity index (χ0v) is 19.5. The fourth-order valence-corrected chi connectivity index (χ4v) is 6.84. The average Bonchev–Trinajstić information content (AvgIpc) is 3.15. The molecule has 4 rings (SSSR count). The molecule has 0 amide bonds. The highest BCUT2D eigenvalue weighted by molar-refractivity contribution is 7.90. The SMILES string of the molecule is Nc1nc(NC2CCC(NS(=O)(=O)C3CCOCC3)CC2)sc1C(=O)c1c(F)cccc1F. The number of carbonyl (C=O) groups is 1. The molecular weight excluding hydrogens is 474 g/mol. The first-order chi connectivity index (χ1) is 15.7. The molecule has 8 nitrogen and oxygen atoms in total. The van der Waals surface area contributed by atoms with Crippen molar-refractivity contribution in [3.8, 4) is 0 Å². The maximum absolute atomic E-state index is 14.0. The zero-order chi connectivity index (χ0) is 23.6. The van der Waals surface area contributed by atoms with Crippen LogP contribution in [0.2, 0.25) is 0 Å². The quantitative estimate of drug-likeness (QED) is 0.499. The molecule has 0 spiro atoms. The molecular formula is C21H26F2N4O4S2. The van der Waals surface area contributed by atoms with E-state index in [-0.39, 0.29) is 22.8 Å². The second-order valence-electron chi connectivity index (χ2n) is 8.33. The third-order valence-corrected chi connectivity index (χ3v) is 9.05. The van der Waals surface area contributed by atoms with Crippen molar-refractivity contribution < 1.29 is 26.7 Å². The van der Waals surface area contributed by atoms with Gasteiger partial charge in [-0.2, -0.15) is 0 Å². The lowest BCUT2D eigenvalue weighted by molar-refractivity contribution is 0.0980. The van der Waals surface area contributed by atoms with E-state index in [4.69, 9.17) is 10.5 Å². The number of hydrogen-bond donors (Lipinski definition) is 3. The van der Waals surface area contributed by atoms with Crippen LogP contribution >= 0.6 is 11.3 Å². The standard InChI is InChI=1S/C21H26F2N4O4S2/c22-15-2-1-3-16(23)17(15)18(28)19-20(24)26-21(32-19)25-12-4-6-13(7-5-12)27-33(29,30)14-8-10-31-11-9-14/h1-3,12-14,27H,4-11,24H2,(H,25,26). The summed E-state index contributed by atoms with van der Waals surface area (Å²) in [4.78, 5) is 16.7. The lowest BCUT2D eigenvalue weighted by atomic mass is 9.92. The van der Waals surface area contributed by atoms with Crippen LogP contribution in [0.5, 0.6) is 0 Å². The minimum Gasteiger partial charge on any atom is -0.382 e.